The number of para-hydroxylation sites is 1. The zero-order chi connectivity index (χ0) is 19.9. The molecule has 1 atom stereocenters. The quantitative estimate of drug-likeness (QED) is 0.594. The summed E-state index contributed by atoms with van der Waals surface area (Å²) < 4.78 is 16.3. The first-order valence-electron chi connectivity index (χ1n) is 9.04. The molecule has 7 heteroatoms. The van der Waals surface area contributed by atoms with Crippen LogP contribution in [0.3, 0.4) is 0 Å². The molecule has 0 spiro atoms. The Bertz CT molecular complexity index is 911. The normalized spacial score (nSPS) is 11.7. The van der Waals surface area contributed by atoms with Crippen LogP contribution in [0.25, 0.3) is 11.4 Å². The highest BCUT2D eigenvalue weighted by molar-refractivity contribution is 5.80. The van der Waals surface area contributed by atoms with Crippen LogP contribution in [0.15, 0.2) is 59.1 Å². The summed E-state index contributed by atoms with van der Waals surface area (Å²) in [5.41, 5.74) is 0.780. The number of nitrogens with zero attached hydrogens (tertiary/aromatic N) is 3. The minimum atomic E-state index is -0.576. The molecule has 1 heterocycles. The van der Waals surface area contributed by atoms with Crippen LogP contribution in [0, 0.1) is 0 Å². The smallest absolute Gasteiger partial charge is 0.263 e. The van der Waals surface area contributed by atoms with Gasteiger partial charge in [-0.1, -0.05) is 42.4 Å². The molecule has 0 radical (unpaired) electrons. The molecule has 1 amide bonds. The first-order valence-corrected chi connectivity index (χ1v) is 9.04. The van der Waals surface area contributed by atoms with Crippen molar-refractivity contribution in [3.8, 4) is 22.9 Å². The molecule has 0 bridgehead atoms. The Kier molecular flexibility index (Phi) is 6.26. The van der Waals surface area contributed by atoms with Crippen molar-refractivity contribution in [1.29, 1.82) is 0 Å². The van der Waals surface area contributed by atoms with Crippen LogP contribution in [0.1, 0.15) is 19.2 Å². The second-order valence-corrected chi connectivity index (χ2v) is 6.27. The van der Waals surface area contributed by atoms with Gasteiger partial charge in [-0.05, 0) is 30.7 Å². The van der Waals surface area contributed by atoms with Crippen LogP contribution in [-0.4, -0.2) is 41.2 Å². The van der Waals surface area contributed by atoms with Gasteiger partial charge in [-0.15, -0.1) is 0 Å². The molecule has 0 aliphatic rings. The predicted octanol–water partition coefficient (Wildman–Crippen LogP) is 3.56. The van der Waals surface area contributed by atoms with Gasteiger partial charge in [0.05, 0.1) is 13.7 Å². The van der Waals surface area contributed by atoms with Gasteiger partial charge in [0.25, 0.3) is 5.91 Å². The van der Waals surface area contributed by atoms with Crippen molar-refractivity contribution in [2.45, 2.75) is 26.0 Å². The molecule has 146 valence electrons. The maximum absolute atomic E-state index is 12.7. The molecule has 0 saturated heterocycles. The largest absolute Gasteiger partial charge is 0.497 e. The van der Waals surface area contributed by atoms with Crippen LogP contribution in [-0.2, 0) is 11.3 Å². The minimum absolute atomic E-state index is 0.146. The topological polar surface area (TPSA) is 77.7 Å². The Hall–Kier alpha value is -3.35. The number of carbonyl (C=O) groups is 1. The van der Waals surface area contributed by atoms with E-state index in [0.717, 1.165) is 5.56 Å². The zero-order valence-electron chi connectivity index (χ0n) is 16.2. The lowest BCUT2D eigenvalue weighted by molar-refractivity contribution is -0.138. The van der Waals surface area contributed by atoms with E-state index in [2.05, 4.69) is 10.1 Å². The maximum Gasteiger partial charge on any atom is 0.263 e. The molecule has 1 aromatic heterocycles. The average Bonchev–Trinajstić information content (AvgIpc) is 3.20. The van der Waals surface area contributed by atoms with Gasteiger partial charge in [0, 0.05) is 12.6 Å². The monoisotopic (exact) mass is 381 g/mol. The van der Waals surface area contributed by atoms with Gasteiger partial charge in [0.15, 0.2) is 6.10 Å². The van der Waals surface area contributed by atoms with E-state index in [-0.39, 0.29) is 12.5 Å². The Balaban J connectivity index is 1.65. The number of hydrogen-bond donors (Lipinski definition) is 0. The van der Waals surface area contributed by atoms with Crippen molar-refractivity contribution in [3.05, 3.63) is 60.5 Å². The first-order chi connectivity index (χ1) is 13.6. The highest BCUT2D eigenvalue weighted by Gasteiger charge is 2.24. The summed E-state index contributed by atoms with van der Waals surface area (Å²) >= 11 is 0. The Labute approximate surface area is 163 Å². The number of rotatable bonds is 8. The van der Waals surface area contributed by atoms with E-state index in [1.54, 1.807) is 14.2 Å². The summed E-state index contributed by atoms with van der Waals surface area (Å²) in [5, 5.41) is 4.00. The standard InChI is InChI=1S/C21H23N3O4/c1-4-18(27-16-10-6-5-7-11-16)21(25)24(2)14-19-22-20(23-28-19)15-9-8-12-17(13-15)26-3/h5-13,18H,4,14H2,1-3H3/t18-/m1/s1. The van der Waals surface area contributed by atoms with Gasteiger partial charge in [-0.2, -0.15) is 4.98 Å². The fraction of sp³-hybridized carbons (Fsp3) is 0.286. The average molecular weight is 381 g/mol. The lowest BCUT2D eigenvalue weighted by Gasteiger charge is -2.22. The maximum atomic E-state index is 12.7. The summed E-state index contributed by atoms with van der Waals surface area (Å²) in [6.45, 7) is 2.11. The molecular formula is C21H23N3O4. The molecule has 0 fully saturated rings. The molecule has 7 nitrogen and oxygen atoms in total. The second kappa shape index (κ2) is 9.03. The van der Waals surface area contributed by atoms with Gasteiger partial charge in [-0.25, -0.2) is 0 Å². The number of methoxy groups -OCH3 is 1. The van der Waals surface area contributed by atoms with Gasteiger partial charge >= 0.3 is 0 Å². The molecule has 3 rings (SSSR count). The molecular weight excluding hydrogens is 358 g/mol. The predicted molar refractivity (Wildman–Crippen MR) is 104 cm³/mol. The van der Waals surface area contributed by atoms with Gasteiger partial charge in [0.2, 0.25) is 11.7 Å². The molecule has 0 saturated carbocycles. The number of amides is 1. The summed E-state index contributed by atoms with van der Waals surface area (Å²) in [6, 6.07) is 16.7. The Morgan fingerprint density at radius 1 is 1.14 bits per heavy atom. The van der Waals surface area contributed by atoms with Crippen LogP contribution in [0.4, 0.5) is 0 Å². The summed E-state index contributed by atoms with van der Waals surface area (Å²) in [7, 11) is 3.29. The molecule has 0 N–H and O–H groups in total. The van der Waals surface area contributed by atoms with Crippen LogP contribution in [0.2, 0.25) is 0 Å². The van der Waals surface area contributed by atoms with Crippen LogP contribution < -0.4 is 9.47 Å². The van der Waals surface area contributed by atoms with E-state index in [4.69, 9.17) is 14.0 Å². The van der Waals surface area contributed by atoms with E-state index in [1.807, 2.05) is 61.5 Å². The minimum Gasteiger partial charge on any atom is -0.497 e. The van der Waals surface area contributed by atoms with Crippen LogP contribution >= 0.6 is 0 Å². The number of carbonyl (C=O) groups excluding carboxylic acids is 1. The summed E-state index contributed by atoms with van der Waals surface area (Å²) in [6.07, 6.45) is -0.0232. The molecule has 0 unspecified atom stereocenters. The van der Waals surface area contributed by atoms with Gasteiger partial charge in [0.1, 0.15) is 11.5 Å². The van der Waals surface area contributed by atoms with E-state index in [9.17, 15) is 4.79 Å². The fourth-order valence-electron chi connectivity index (χ4n) is 2.70. The van der Waals surface area contributed by atoms with Gasteiger partial charge < -0.3 is 18.9 Å². The van der Waals surface area contributed by atoms with Crippen molar-refractivity contribution in [2.75, 3.05) is 14.2 Å². The molecule has 0 aliphatic heterocycles. The molecule has 2 aromatic carbocycles. The second-order valence-electron chi connectivity index (χ2n) is 6.27. The van der Waals surface area contributed by atoms with E-state index >= 15 is 0 Å². The highest BCUT2D eigenvalue weighted by atomic mass is 16.5. The number of aromatic nitrogens is 2. The van der Waals surface area contributed by atoms with Crippen molar-refractivity contribution in [2.24, 2.45) is 0 Å². The summed E-state index contributed by atoms with van der Waals surface area (Å²) in [5.74, 6) is 2.02. The summed E-state index contributed by atoms with van der Waals surface area (Å²) in [4.78, 5) is 18.6. The number of ether oxygens (including phenoxy) is 2. The molecule has 0 aliphatic carbocycles. The Morgan fingerprint density at radius 3 is 2.61 bits per heavy atom. The fourth-order valence-corrected chi connectivity index (χ4v) is 2.70. The first kappa shape index (κ1) is 19.4. The third-order valence-corrected chi connectivity index (χ3v) is 4.21. The molecule has 3 aromatic rings. The van der Waals surface area contributed by atoms with Crippen molar-refractivity contribution < 1.29 is 18.8 Å². The highest BCUT2D eigenvalue weighted by Crippen LogP contribution is 2.21. The third-order valence-electron chi connectivity index (χ3n) is 4.21. The van der Waals surface area contributed by atoms with Crippen molar-refractivity contribution in [1.82, 2.24) is 15.0 Å². The van der Waals surface area contributed by atoms with Crippen molar-refractivity contribution in [3.63, 3.8) is 0 Å². The van der Waals surface area contributed by atoms with E-state index in [1.165, 1.54) is 4.90 Å². The zero-order valence-corrected chi connectivity index (χ0v) is 16.2. The lowest BCUT2D eigenvalue weighted by atomic mass is 10.2. The van der Waals surface area contributed by atoms with Gasteiger partial charge in [-0.3, -0.25) is 4.79 Å². The molecule has 28 heavy (non-hydrogen) atoms. The number of hydrogen-bond acceptors (Lipinski definition) is 6. The lowest BCUT2D eigenvalue weighted by Crippen LogP contribution is -2.39. The van der Waals surface area contributed by atoms with Crippen LogP contribution in [0.5, 0.6) is 11.5 Å². The third kappa shape index (κ3) is 4.68. The SMILES string of the molecule is CC[C@@H](Oc1ccccc1)C(=O)N(C)Cc1nc(-c2cccc(OC)c2)no1. The number of likely N-dealkylation sites (N-methyl/N-ethyl adjacent to an activating group) is 1. The number of benzene rings is 2. The van der Waals surface area contributed by atoms with E-state index < -0.39 is 6.10 Å². The Morgan fingerprint density at radius 2 is 1.89 bits per heavy atom. The van der Waals surface area contributed by atoms with E-state index in [0.29, 0.717) is 29.6 Å². The van der Waals surface area contributed by atoms with Crippen molar-refractivity contribution >= 4 is 5.91 Å².